The Morgan fingerprint density at radius 2 is 1.77 bits per heavy atom. The molecule has 0 radical (unpaired) electrons. The van der Waals surface area contributed by atoms with Crippen molar-refractivity contribution in [2.24, 2.45) is 16.8 Å². The van der Waals surface area contributed by atoms with E-state index < -0.39 is 12.1 Å². The third kappa shape index (κ3) is 5.14. The minimum atomic E-state index is -0.771. The molecule has 0 bridgehead atoms. The maximum Gasteiger partial charge on any atom is 0.258 e. The van der Waals surface area contributed by atoms with E-state index in [0.717, 1.165) is 70.1 Å². The van der Waals surface area contributed by atoms with Crippen LogP contribution in [0.4, 0.5) is 11.4 Å². The van der Waals surface area contributed by atoms with Gasteiger partial charge in [-0.25, -0.2) is 5.01 Å². The topological polar surface area (TPSA) is 123 Å². The molecule has 4 aromatic rings. The standard InChI is InChI=1S/C34H31N7OS/c1-21-17-23(18-24(19-35)31-28(20-36)32(37)41(39-31)26-13-7-4-8-14-26)22(2)40(21)34-30(27-15-9-10-16-29(27)43-34)33(42)38-25-11-5-3-6-12-25/h3-8,11-14,17-18,28,32H,9-10,15-16,37H2,1-2H3,(H,38,42)/b24-18-/t28-,32-/m0/s1. The van der Waals surface area contributed by atoms with Gasteiger partial charge in [-0.3, -0.25) is 4.79 Å². The fraction of sp³-hybridized carbons (Fsp3) is 0.235. The molecule has 43 heavy (non-hydrogen) atoms. The molecule has 2 aromatic heterocycles. The first kappa shape index (κ1) is 28.2. The molecule has 3 N–H and O–H groups in total. The molecule has 0 saturated heterocycles. The maximum absolute atomic E-state index is 13.8. The number of fused-ring (bicyclic) bond motifs is 1. The molecule has 9 heteroatoms. The van der Waals surface area contributed by atoms with Gasteiger partial charge in [-0.2, -0.15) is 15.6 Å². The molecule has 6 rings (SSSR count). The summed E-state index contributed by atoms with van der Waals surface area (Å²) in [5.41, 5.74) is 13.1. The highest BCUT2D eigenvalue weighted by Crippen LogP contribution is 2.39. The molecular formula is C34H31N7OS. The van der Waals surface area contributed by atoms with Gasteiger partial charge >= 0.3 is 0 Å². The van der Waals surface area contributed by atoms with Crippen LogP contribution >= 0.6 is 11.3 Å². The second-order valence-corrected chi connectivity index (χ2v) is 11.9. The van der Waals surface area contributed by atoms with Crippen LogP contribution in [-0.2, 0) is 12.8 Å². The van der Waals surface area contributed by atoms with Gasteiger partial charge < -0.3 is 15.6 Å². The molecule has 2 aromatic carbocycles. The number of nitriles is 2. The SMILES string of the molecule is Cc1cc(/C=C(/C#N)C2=NN(c3ccccc3)[C@H](N)[C@H]2C#N)c(C)n1-c1sc2c(c1C(=O)Nc1ccccc1)CCCC2. The van der Waals surface area contributed by atoms with Gasteiger partial charge in [-0.15, -0.1) is 11.3 Å². The first-order valence-electron chi connectivity index (χ1n) is 14.3. The van der Waals surface area contributed by atoms with Crippen molar-refractivity contribution in [1.82, 2.24) is 4.57 Å². The van der Waals surface area contributed by atoms with E-state index in [2.05, 4.69) is 27.1 Å². The molecule has 2 atom stereocenters. The summed E-state index contributed by atoms with van der Waals surface area (Å²) in [4.78, 5) is 15.0. The third-order valence-corrected chi connectivity index (χ3v) is 9.35. The summed E-state index contributed by atoms with van der Waals surface area (Å²) >= 11 is 1.67. The number of nitrogens with zero attached hydrogens (tertiary/aromatic N) is 5. The molecule has 214 valence electrons. The summed E-state index contributed by atoms with van der Waals surface area (Å²) in [5, 5.41) is 30.5. The van der Waals surface area contributed by atoms with E-state index in [1.165, 1.54) is 4.88 Å². The fourth-order valence-corrected chi connectivity index (χ4v) is 7.44. The van der Waals surface area contributed by atoms with Crippen LogP contribution in [0.2, 0.25) is 0 Å². The van der Waals surface area contributed by atoms with Gasteiger partial charge in [0.15, 0.2) is 0 Å². The minimum absolute atomic E-state index is 0.116. The zero-order valence-electron chi connectivity index (χ0n) is 24.0. The summed E-state index contributed by atoms with van der Waals surface area (Å²) < 4.78 is 2.12. The zero-order valence-corrected chi connectivity index (χ0v) is 24.9. The molecule has 1 aliphatic heterocycles. The molecule has 3 heterocycles. The molecule has 2 aliphatic rings. The number of benzene rings is 2. The van der Waals surface area contributed by atoms with E-state index in [1.54, 1.807) is 22.4 Å². The molecule has 0 saturated carbocycles. The number of hydrazone groups is 1. The van der Waals surface area contributed by atoms with Gasteiger partial charge in [0.1, 0.15) is 23.2 Å². The van der Waals surface area contributed by atoms with Crippen molar-refractivity contribution in [1.29, 1.82) is 10.5 Å². The monoisotopic (exact) mass is 585 g/mol. The van der Waals surface area contributed by atoms with Crippen LogP contribution in [0.3, 0.4) is 0 Å². The minimum Gasteiger partial charge on any atom is -0.322 e. The van der Waals surface area contributed by atoms with Crippen LogP contribution in [0.1, 0.15) is 50.6 Å². The first-order valence-corrected chi connectivity index (χ1v) is 15.1. The largest absolute Gasteiger partial charge is 0.322 e. The molecule has 1 aliphatic carbocycles. The van der Waals surface area contributed by atoms with Crippen LogP contribution in [0.15, 0.2) is 77.4 Å². The van der Waals surface area contributed by atoms with Crippen LogP contribution < -0.4 is 16.1 Å². The number of carbonyl (C=O) groups is 1. The summed E-state index contributed by atoms with van der Waals surface area (Å²) in [5.74, 6) is -0.887. The zero-order chi connectivity index (χ0) is 30.1. The lowest BCUT2D eigenvalue weighted by Gasteiger charge is -2.21. The van der Waals surface area contributed by atoms with E-state index in [-0.39, 0.29) is 11.5 Å². The van der Waals surface area contributed by atoms with Gasteiger partial charge in [0.05, 0.1) is 28.6 Å². The Kier molecular flexibility index (Phi) is 7.69. The van der Waals surface area contributed by atoms with Crippen molar-refractivity contribution in [3.05, 3.63) is 105 Å². The molecule has 0 spiro atoms. The predicted molar refractivity (Wildman–Crippen MR) is 171 cm³/mol. The van der Waals surface area contributed by atoms with Crippen molar-refractivity contribution in [2.75, 3.05) is 10.3 Å². The Balaban J connectivity index is 1.42. The van der Waals surface area contributed by atoms with E-state index in [9.17, 15) is 15.3 Å². The van der Waals surface area contributed by atoms with Crippen LogP contribution in [0.25, 0.3) is 11.1 Å². The lowest BCUT2D eigenvalue weighted by atomic mass is 9.95. The summed E-state index contributed by atoms with van der Waals surface area (Å²) in [7, 11) is 0. The lowest BCUT2D eigenvalue weighted by molar-refractivity contribution is 0.102. The number of aromatic nitrogens is 1. The number of allylic oxidation sites excluding steroid dienone is 1. The number of aryl methyl sites for hydroxylation is 2. The summed E-state index contributed by atoms with van der Waals surface area (Å²) in [6.07, 6.45) is 5.07. The Bertz CT molecular complexity index is 1840. The van der Waals surface area contributed by atoms with Crippen molar-refractivity contribution < 1.29 is 4.79 Å². The average molecular weight is 586 g/mol. The number of carbonyl (C=O) groups excluding carboxylic acids is 1. The molecule has 0 fully saturated rings. The van der Waals surface area contributed by atoms with Crippen molar-refractivity contribution in [3.63, 3.8) is 0 Å². The normalized spacial score (nSPS) is 18.0. The van der Waals surface area contributed by atoms with Gasteiger partial charge in [0.2, 0.25) is 0 Å². The summed E-state index contributed by atoms with van der Waals surface area (Å²) in [6.45, 7) is 4.00. The molecular weight excluding hydrogens is 554 g/mol. The van der Waals surface area contributed by atoms with Gasteiger partial charge in [0.25, 0.3) is 5.91 Å². The maximum atomic E-state index is 13.8. The van der Waals surface area contributed by atoms with E-state index in [0.29, 0.717) is 5.71 Å². The Labute approximate surface area is 255 Å². The number of thiophene rings is 1. The van der Waals surface area contributed by atoms with Crippen LogP contribution in [-0.4, -0.2) is 22.4 Å². The highest BCUT2D eigenvalue weighted by Gasteiger charge is 2.38. The smallest absolute Gasteiger partial charge is 0.258 e. The highest BCUT2D eigenvalue weighted by atomic mass is 32.1. The number of amides is 1. The number of hydrogen-bond donors (Lipinski definition) is 2. The van der Waals surface area contributed by atoms with E-state index in [1.807, 2.05) is 80.6 Å². The Morgan fingerprint density at radius 1 is 1.07 bits per heavy atom. The number of para-hydroxylation sites is 2. The highest BCUT2D eigenvalue weighted by molar-refractivity contribution is 7.15. The number of nitrogens with two attached hydrogens (primary N) is 1. The quantitative estimate of drug-likeness (QED) is 0.250. The number of nitrogens with one attached hydrogen (secondary N) is 1. The molecule has 1 amide bonds. The van der Waals surface area contributed by atoms with Crippen molar-refractivity contribution >= 4 is 40.4 Å². The van der Waals surface area contributed by atoms with Gasteiger partial charge in [-0.05, 0) is 87.1 Å². The predicted octanol–water partition coefficient (Wildman–Crippen LogP) is 6.49. The average Bonchev–Trinajstić information content (AvgIpc) is 3.66. The first-order chi connectivity index (χ1) is 20.9. The van der Waals surface area contributed by atoms with Crippen molar-refractivity contribution in [2.45, 2.75) is 45.7 Å². The van der Waals surface area contributed by atoms with Crippen LogP contribution in [0.5, 0.6) is 0 Å². The Hall–Kier alpha value is -4.96. The Morgan fingerprint density at radius 3 is 2.47 bits per heavy atom. The van der Waals surface area contributed by atoms with Crippen LogP contribution in [0, 0.1) is 42.4 Å². The van der Waals surface area contributed by atoms with Gasteiger partial charge in [-0.1, -0.05) is 36.4 Å². The number of hydrogen-bond acceptors (Lipinski definition) is 7. The number of rotatable bonds is 6. The van der Waals surface area contributed by atoms with Gasteiger partial charge in [0, 0.05) is 22.0 Å². The second-order valence-electron chi connectivity index (χ2n) is 10.8. The van der Waals surface area contributed by atoms with Crippen molar-refractivity contribution in [3.8, 4) is 17.1 Å². The van der Waals surface area contributed by atoms with E-state index >= 15 is 0 Å². The third-order valence-electron chi connectivity index (χ3n) is 8.07. The van der Waals surface area contributed by atoms with E-state index in [4.69, 9.17) is 5.73 Å². The molecule has 8 nitrogen and oxygen atoms in total. The number of anilines is 2. The fourth-order valence-electron chi connectivity index (χ4n) is 5.94. The molecule has 0 unspecified atom stereocenters. The lowest BCUT2D eigenvalue weighted by Crippen LogP contribution is -2.40. The second kappa shape index (κ2) is 11.7. The summed E-state index contributed by atoms with van der Waals surface area (Å²) in [6, 6.07) is 25.4.